The van der Waals surface area contributed by atoms with Crippen LogP contribution in [0.15, 0.2) is 65.3 Å². The normalized spacial score (nSPS) is 10.5. The topological polar surface area (TPSA) is 54.0 Å². The van der Waals surface area contributed by atoms with Crippen molar-refractivity contribution in [3.63, 3.8) is 0 Å². The molecule has 0 aliphatic heterocycles. The number of urea groups is 1. The molecule has 0 atom stereocenters. The van der Waals surface area contributed by atoms with Crippen molar-refractivity contribution in [1.29, 1.82) is 0 Å². The van der Waals surface area contributed by atoms with Gasteiger partial charge in [-0.15, -0.1) is 0 Å². The van der Waals surface area contributed by atoms with E-state index in [1.165, 1.54) is 5.56 Å². The second kappa shape index (κ2) is 7.24. The van der Waals surface area contributed by atoms with Crippen LogP contribution < -0.4 is 10.6 Å². The second-order valence-corrected chi connectivity index (χ2v) is 6.05. The summed E-state index contributed by atoms with van der Waals surface area (Å²) < 4.78 is 1.05. The number of amides is 2. The molecule has 0 aliphatic rings. The number of halogens is 1. The molecule has 2 N–H and O–H groups in total. The predicted molar refractivity (Wildman–Crippen MR) is 96.6 cm³/mol. The van der Waals surface area contributed by atoms with Crippen molar-refractivity contribution >= 4 is 38.6 Å². The number of aromatic nitrogens is 1. The third kappa shape index (κ3) is 4.07. The monoisotopic (exact) mass is 369 g/mol. The van der Waals surface area contributed by atoms with Crippen LogP contribution in [0.5, 0.6) is 0 Å². The predicted octanol–water partition coefficient (Wildman–Crippen LogP) is 4.36. The van der Waals surface area contributed by atoms with Crippen LogP contribution in [-0.2, 0) is 6.42 Å². The molecular formula is C18H16BrN3O. The second-order valence-electron chi connectivity index (χ2n) is 5.14. The average molecular weight is 370 g/mol. The highest BCUT2D eigenvalue weighted by molar-refractivity contribution is 9.10. The maximum atomic E-state index is 12.0. The Balaban J connectivity index is 1.57. The zero-order chi connectivity index (χ0) is 16.1. The number of carbonyl (C=O) groups is 1. The summed E-state index contributed by atoms with van der Waals surface area (Å²) in [5, 5.41) is 6.73. The van der Waals surface area contributed by atoms with Gasteiger partial charge in [-0.1, -0.05) is 46.3 Å². The summed E-state index contributed by atoms with van der Waals surface area (Å²) in [5.41, 5.74) is 2.68. The van der Waals surface area contributed by atoms with E-state index in [4.69, 9.17) is 0 Å². The highest BCUT2D eigenvalue weighted by atomic mass is 79.9. The number of nitrogens with zero attached hydrogens (tertiary/aromatic N) is 1. The Labute approximate surface area is 143 Å². The van der Waals surface area contributed by atoms with Crippen molar-refractivity contribution in [3.05, 3.63) is 70.8 Å². The van der Waals surface area contributed by atoms with Gasteiger partial charge in [-0.05, 0) is 36.2 Å². The Bertz CT molecular complexity index is 813. The quantitative estimate of drug-likeness (QED) is 0.717. The summed E-state index contributed by atoms with van der Waals surface area (Å²) in [7, 11) is 0. The van der Waals surface area contributed by atoms with Crippen molar-refractivity contribution < 1.29 is 4.79 Å². The minimum Gasteiger partial charge on any atom is -0.338 e. The summed E-state index contributed by atoms with van der Waals surface area (Å²) in [4.78, 5) is 16.4. The number of hydrogen-bond acceptors (Lipinski definition) is 2. The van der Waals surface area contributed by atoms with Gasteiger partial charge < -0.3 is 10.6 Å². The molecule has 0 fully saturated rings. The molecule has 0 saturated heterocycles. The van der Waals surface area contributed by atoms with E-state index in [0.717, 1.165) is 21.8 Å². The zero-order valence-electron chi connectivity index (χ0n) is 12.4. The van der Waals surface area contributed by atoms with Crippen molar-refractivity contribution in [1.82, 2.24) is 10.3 Å². The Kier molecular flexibility index (Phi) is 4.88. The van der Waals surface area contributed by atoms with Crippen molar-refractivity contribution in [2.24, 2.45) is 0 Å². The van der Waals surface area contributed by atoms with E-state index >= 15 is 0 Å². The summed E-state index contributed by atoms with van der Waals surface area (Å²) >= 11 is 3.41. The molecule has 116 valence electrons. The van der Waals surface area contributed by atoms with Crippen LogP contribution in [0.25, 0.3) is 10.9 Å². The van der Waals surface area contributed by atoms with E-state index in [1.807, 2.05) is 54.6 Å². The highest BCUT2D eigenvalue weighted by Gasteiger charge is 2.05. The maximum absolute atomic E-state index is 12.0. The standard InChI is InChI=1S/C18H16BrN3O/c19-15-8-6-13(7-9-15)10-12-21-18(23)22-16-5-1-3-14-4-2-11-20-17(14)16/h1-9,11H,10,12H2,(H2,21,22,23). The fourth-order valence-electron chi connectivity index (χ4n) is 2.34. The van der Waals surface area contributed by atoms with Crippen LogP contribution in [0.2, 0.25) is 0 Å². The van der Waals surface area contributed by atoms with Crippen molar-refractivity contribution in [3.8, 4) is 0 Å². The molecule has 2 aromatic carbocycles. The Morgan fingerprint density at radius 1 is 1.04 bits per heavy atom. The van der Waals surface area contributed by atoms with E-state index in [2.05, 4.69) is 31.5 Å². The molecule has 2 amide bonds. The number of para-hydroxylation sites is 1. The van der Waals surface area contributed by atoms with E-state index in [-0.39, 0.29) is 6.03 Å². The third-order valence-corrected chi connectivity index (χ3v) is 4.02. The maximum Gasteiger partial charge on any atom is 0.319 e. The third-order valence-electron chi connectivity index (χ3n) is 3.49. The number of rotatable bonds is 4. The molecule has 0 unspecified atom stereocenters. The molecule has 0 radical (unpaired) electrons. The van der Waals surface area contributed by atoms with Crippen LogP contribution >= 0.6 is 15.9 Å². The molecule has 5 heteroatoms. The number of fused-ring (bicyclic) bond motifs is 1. The lowest BCUT2D eigenvalue weighted by Gasteiger charge is -2.09. The van der Waals surface area contributed by atoms with Gasteiger partial charge in [-0.25, -0.2) is 4.79 Å². The number of benzene rings is 2. The first-order chi connectivity index (χ1) is 11.2. The Morgan fingerprint density at radius 2 is 1.83 bits per heavy atom. The molecule has 0 spiro atoms. The van der Waals surface area contributed by atoms with Crippen molar-refractivity contribution in [2.45, 2.75) is 6.42 Å². The lowest BCUT2D eigenvalue weighted by molar-refractivity contribution is 0.252. The number of nitrogens with one attached hydrogen (secondary N) is 2. The SMILES string of the molecule is O=C(NCCc1ccc(Br)cc1)Nc1cccc2cccnc12. The van der Waals surface area contributed by atoms with Gasteiger partial charge in [0.25, 0.3) is 0 Å². The minimum absolute atomic E-state index is 0.222. The van der Waals surface area contributed by atoms with Gasteiger partial charge in [0, 0.05) is 22.6 Å². The Morgan fingerprint density at radius 3 is 2.65 bits per heavy atom. The lowest BCUT2D eigenvalue weighted by Crippen LogP contribution is -2.30. The van der Waals surface area contributed by atoms with Gasteiger partial charge in [0.15, 0.2) is 0 Å². The van der Waals surface area contributed by atoms with Crippen LogP contribution in [0.3, 0.4) is 0 Å². The molecule has 0 aliphatic carbocycles. The number of anilines is 1. The fraction of sp³-hybridized carbons (Fsp3) is 0.111. The van der Waals surface area contributed by atoms with Gasteiger partial charge in [-0.3, -0.25) is 4.98 Å². The smallest absolute Gasteiger partial charge is 0.319 e. The number of pyridine rings is 1. The van der Waals surface area contributed by atoms with Gasteiger partial charge in [-0.2, -0.15) is 0 Å². The van der Waals surface area contributed by atoms with Crippen LogP contribution in [0.1, 0.15) is 5.56 Å². The molecule has 0 bridgehead atoms. The average Bonchev–Trinajstić information content (AvgIpc) is 2.57. The first kappa shape index (κ1) is 15.5. The summed E-state index contributed by atoms with van der Waals surface area (Å²) in [5.74, 6) is 0. The summed E-state index contributed by atoms with van der Waals surface area (Å²) in [6.07, 6.45) is 2.51. The fourth-order valence-corrected chi connectivity index (χ4v) is 2.61. The molecule has 0 saturated carbocycles. The van der Waals surface area contributed by atoms with Gasteiger partial charge in [0.2, 0.25) is 0 Å². The van der Waals surface area contributed by atoms with Gasteiger partial charge in [0.05, 0.1) is 11.2 Å². The Hall–Kier alpha value is -2.40. The molecule has 3 rings (SSSR count). The zero-order valence-corrected chi connectivity index (χ0v) is 14.0. The molecular weight excluding hydrogens is 354 g/mol. The lowest BCUT2D eigenvalue weighted by atomic mass is 10.1. The van der Waals surface area contributed by atoms with E-state index in [1.54, 1.807) is 6.20 Å². The minimum atomic E-state index is -0.222. The molecule has 3 aromatic rings. The largest absolute Gasteiger partial charge is 0.338 e. The first-order valence-corrected chi connectivity index (χ1v) is 8.15. The summed E-state index contributed by atoms with van der Waals surface area (Å²) in [6.45, 7) is 0.575. The van der Waals surface area contributed by atoms with Crippen LogP contribution in [0, 0.1) is 0 Å². The van der Waals surface area contributed by atoms with Gasteiger partial charge in [0.1, 0.15) is 0 Å². The van der Waals surface area contributed by atoms with E-state index in [9.17, 15) is 4.79 Å². The van der Waals surface area contributed by atoms with E-state index < -0.39 is 0 Å². The van der Waals surface area contributed by atoms with Crippen LogP contribution in [-0.4, -0.2) is 17.6 Å². The first-order valence-electron chi connectivity index (χ1n) is 7.35. The highest BCUT2D eigenvalue weighted by Crippen LogP contribution is 2.20. The molecule has 1 aromatic heterocycles. The number of carbonyl (C=O) groups excluding carboxylic acids is 1. The summed E-state index contributed by atoms with van der Waals surface area (Å²) in [6, 6.07) is 17.4. The number of hydrogen-bond donors (Lipinski definition) is 2. The molecule has 1 heterocycles. The molecule has 4 nitrogen and oxygen atoms in total. The van der Waals surface area contributed by atoms with E-state index in [0.29, 0.717) is 12.2 Å². The van der Waals surface area contributed by atoms with Gasteiger partial charge >= 0.3 is 6.03 Å². The molecule has 23 heavy (non-hydrogen) atoms. The van der Waals surface area contributed by atoms with Crippen LogP contribution in [0.4, 0.5) is 10.5 Å². The van der Waals surface area contributed by atoms with Crippen molar-refractivity contribution in [2.75, 3.05) is 11.9 Å².